The van der Waals surface area contributed by atoms with E-state index in [-0.39, 0.29) is 11.4 Å². The third-order valence-electron chi connectivity index (χ3n) is 6.90. The number of sulfonamides is 1. The van der Waals surface area contributed by atoms with Crippen LogP contribution in [0.5, 0.6) is 0 Å². The highest BCUT2D eigenvalue weighted by molar-refractivity contribution is 7.89. The fourth-order valence-corrected chi connectivity index (χ4v) is 5.96. The van der Waals surface area contributed by atoms with E-state index in [1.807, 2.05) is 6.07 Å². The number of nitrogens with zero attached hydrogens (tertiary/aromatic N) is 2. The van der Waals surface area contributed by atoms with Gasteiger partial charge >= 0.3 is 6.18 Å². The van der Waals surface area contributed by atoms with Gasteiger partial charge in [-0.05, 0) is 79.8 Å². The zero-order valence-electron chi connectivity index (χ0n) is 20.8. The molecule has 1 saturated heterocycles. The molecule has 1 aromatic heterocycles. The Labute approximate surface area is 223 Å². The van der Waals surface area contributed by atoms with Crippen molar-refractivity contribution in [1.29, 1.82) is 0 Å². The van der Waals surface area contributed by atoms with Crippen LogP contribution in [0.2, 0.25) is 0 Å². The molecule has 3 aromatic rings. The Morgan fingerprint density at radius 2 is 1.62 bits per heavy atom. The van der Waals surface area contributed by atoms with Gasteiger partial charge in [-0.3, -0.25) is 4.79 Å². The molecule has 39 heavy (non-hydrogen) atoms. The molecule has 0 atom stereocenters. The number of hydrogen-bond donors (Lipinski definition) is 2. The minimum Gasteiger partial charge on any atom is -0.357 e. The van der Waals surface area contributed by atoms with Gasteiger partial charge < -0.3 is 10.2 Å². The highest BCUT2D eigenvalue weighted by Crippen LogP contribution is 2.37. The highest BCUT2D eigenvalue weighted by atomic mass is 32.2. The standard InChI is InChI=1S/C27H26F4N4O3S/c28-21-7-9-22(10-8-21)39(37,38)34-26(11-12-26)25(36)32-17-18-15-23(33-24(16-18)35-13-1-2-14-35)19-3-5-20(6-4-19)27(29,30)31/h3-10,15-16,34H,1-2,11-14,17H2,(H,32,36). The van der Waals surface area contributed by atoms with Crippen LogP contribution >= 0.6 is 0 Å². The monoisotopic (exact) mass is 562 g/mol. The predicted molar refractivity (Wildman–Crippen MR) is 137 cm³/mol. The van der Waals surface area contributed by atoms with E-state index >= 15 is 0 Å². The quantitative estimate of drug-likeness (QED) is 0.391. The number of alkyl halides is 3. The molecule has 1 saturated carbocycles. The van der Waals surface area contributed by atoms with Gasteiger partial charge in [0.2, 0.25) is 15.9 Å². The minimum absolute atomic E-state index is 0.0653. The van der Waals surface area contributed by atoms with Gasteiger partial charge in [0.1, 0.15) is 17.2 Å². The van der Waals surface area contributed by atoms with E-state index in [0.717, 1.165) is 62.3 Å². The van der Waals surface area contributed by atoms with Gasteiger partial charge in [-0.15, -0.1) is 0 Å². The number of aromatic nitrogens is 1. The number of carbonyl (C=O) groups is 1. The summed E-state index contributed by atoms with van der Waals surface area (Å²) in [6.07, 6.45) is -1.84. The largest absolute Gasteiger partial charge is 0.416 e. The first-order valence-electron chi connectivity index (χ1n) is 12.5. The van der Waals surface area contributed by atoms with Crippen LogP contribution < -0.4 is 14.9 Å². The van der Waals surface area contributed by atoms with Crippen molar-refractivity contribution in [3.8, 4) is 11.3 Å². The maximum Gasteiger partial charge on any atom is 0.416 e. The summed E-state index contributed by atoms with van der Waals surface area (Å²) in [7, 11) is -4.05. The lowest BCUT2D eigenvalue weighted by atomic mass is 10.1. The molecule has 2 fully saturated rings. The van der Waals surface area contributed by atoms with Crippen LogP contribution in [-0.4, -0.2) is 37.9 Å². The topological polar surface area (TPSA) is 91.4 Å². The number of carbonyl (C=O) groups excluding carboxylic acids is 1. The summed E-state index contributed by atoms with van der Waals surface area (Å²) in [5, 5.41) is 2.79. The van der Waals surface area contributed by atoms with Crippen molar-refractivity contribution in [2.45, 2.75) is 48.8 Å². The average molecular weight is 563 g/mol. The van der Waals surface area contributed by atoms with Crippen molar-refractivity contribution < 1.29 is 30.8 Å². The lowest BCUT2D eigenvalue weighted by molar-refractivity contribution is -0.137. The lowest BCUT2D eigenvalue weighted by Crippen LogP contribution is -2.48. The molecule has 2 aromatic carbocycles. The van der Waals surface area contributed by atoms with Crippen molar-refractivity contribution in [2.24, 2.45) is 0 Å². The van der Waals surface area contributed by atoms with Gasteiger partial charge in [0.25, 0.3) is 0 Å². The third-order valence-corrected chi connectivity index (χ3v) is 8.45. The molecule has 2 N–H and O–H groups in total. The molecule has 1 amide bonds. The first-order chi connectivity index (χ1) is 18.5. The fraction of sp³-hybridized carbons (Fsp3) is 0.333. The van der Waals surface area contributed by atoms with Crippen molar-refractivity contribution in [3.05, 3.63) is 77.6 Å². The van der Waals surface area contributed by atoms with E-state index in [1.165, 1.54) is 12.1 Å². The molecular weight excluding hydrogens is 536 g/mol. The van der Waals surface area contributed by atoms with Crippen LogP contribution in [0.25, 0.3) is 11.3 Å². The zero-order chi connectivity index (χ0) is 27.8. The smallest absolute Gasteiger partial charge is 0.357 e. The normalized spacial score (nSPS) is 16.8. The van der Waals surface area contributed by atoms with Crippen LogP contribution in [0, 0.1) is 5.82 Å². The number of pyridine rings is 1. The summed E-state index contributed by atoms with van der Waals surface area (Å²) in [6, 6.07) is 12.6. The summed E-state index contributed by atoms with van der Waals surface area (Å²) >= 11 is 0. The summed E-state index contributed by atoms with van der Waals surface area (Å²) in [5.41, 5.74) is -0.411. The third kappa shape index (κ3) is 6.06. The minimum atomic E-state index is -4.45. The lowest BCUT2D eigenvalue weighted by Gasteiger charge is -2.20. The first kappa shape index (κ1) is 27.1. The van der Waals surface area contributed by atoms with Gasteiger partial charge in [0.15, 0.2) is 0 Å². The van der Waals surface area contributed by atoms with Crippen LogP contribution in [0.3, 0.4) is 0 Å². The maximum atomic E-state index is 13.2. The zero-order valence-corrected chi connectivity index (χ0v) is 21.6. The second-order valence-corrected chi connectivity index (χ2v) is 11.5. The number of amides is 1. The van der Waals surface area contributed by atoms with E-state index in [4.69, 9.17) is 0 Å². The Balaban J connectivity index is 1.34. The summed E-state index contributed by atoms with van der Waals surface area (Å²) in [6.45, 7) is 1.66. The number of hydrogen-bond acceptors (Lipinski definition) is 5. The number of rotatable bonds is 8. The Morgan fingerprint density at radius 1 is 0.974 bits per heavy atom. The van der Waals surface area contributed by atoms with Gasteiger partial charge in [-0.2, -0.15) is 17.9 Å². The van der Waals surface area contributed by atoms with Crippen LogP contribution in [-0.2, 0) is 27.5 Å². The van der Waals surface area contributed by atoms with Crippen molar-refractivity contribution in [3.63, 3.8) is 0 Å². The molecule has 5 rings (SSSR count). The predicted octanol–water partition coefficient (Wildman–Crippen LogP) is 4.63. The molecule has 206 valence electrons. The van der Waals surface area contributed by atoms with E-state index in [0.29, 0.717) is 35.5 Å². The summed E-state index contributed by atoms with van der Waals surface area (Å²) in [4.78, 5) is 19.7. The number of anilines is 1. The molecule has 0 bridgehead atoms. The van der Waals surface area contributed by atoms with Crippen LogP contribution in [0.15, 0.2) is 65.6 Å². The second-order valence-electron chi connectivity index (χ2n) is 9.81. The Kier molecular flexibility index (Phi) is 7.10. The molecule has 1 aliphatic carbocycles. The van der Waals surface area contributed by atoms with E-state index < -0.39 is 39.0 Å². The molecule has 2 heterocycles. The van der Waals surface area contributed by atoms with E-state index in [2.05, 4.69) is 19.9 Å². The first-order valence-corrected chi connectivity index (χ1v) is 13.9. The Hall–Kier alpha value is -3.51. The second kappa shape index (κ2) is 10.2. The number of nitrogens with one attached hydrogen (secondary N) is 2. The SMILES string of the molecule is O=C(NCc1cc(-c2ccc(C(F)(F)F)cc2)nc(N2CCCC2)c1)C1(NS(=O)(=O)c2ccc(F)cc2)CC1. The van der Waals surface area contributed by atoms with Crippen molar-refractivity contribution >= 4 is 21.7 Å². The number of halogens is 4. The van der Waals surface area contributed by atoms with Gasteiger partial charge in [0, 0.05) is 25.2 Å². The molecule has 12 heteroatoms. The Morgan fingerprint density at radius 3 is 2.21 bits per heavy atom. The number of benzene rings is 2. The molecular formula is C27H26F4N4O3S. The summed E-state index contributed by atoms with van der Waals surface area (Å²) < 4.78 is 80.3. The van der Waals surface area contributed by atoms with Crippen molar-refractivity contribution in [2.75, 3.05) is 18.0 Å². The van der Waals surface area contributed by atoms with Crippen LogP contribution in [0.4, 0.5) is 23.4 Å². The maximum absolute atomic E-state index is 13.2. The molecule has 0 radical (unpaired) electrons. The molecule has 0 unspecified atom stereocenters. The molecule has 1 aliphatic heterocycles. The summed E-state index contributed by atoms with van der Waals surface area (Å²) in [5.74, 6) is -0.412. The van der Waals surface area contributed by atoms with E-state index in [1.54, 1.807) is 6.07 Å². The fourth-order valence-electron chi connectivity index (χ4n) is 4.54. The highest BCUT2D eigenvalue weighted by Gasteiger charge is 2.52. The Bertz CT molecular complexity index is 1470. The van der Waals surface area contributed by atoms with Gasteiger partial charge in [-0.1, -0.05) is 12.1 Å². The van der Waals surface area contributed by atoms with E-state index in [9.17, 15) is 30.8 Å². The molecule has 2 aliphatic rings. The van der Waals surface area contributed by atoms with Gasteiger partial charge in [-0.25, -0.2) is 17.8 Å². The molecule has 7 nitrogen and oxygen atoms in total. The average Bonchev–Trinajstić information content (AvgIpc) is 3.45. The molecule has 0 spiro atoms. The van der Waals surface area contributed by atoms with Crippen molar-refractivity contribution in [1.82, 2.24) is 15.0 Å². The van der Waals surface area contributed by atoms with Gasteiger partial charge in [0.05, 0.1) is 16.2 Å². The van der Waals surface area contributed by atoms with Crippen LogP contribution in [0.1, 0.15) is 36.8 Å².